The van der Waals surface area contributed by atoms with Gasteiger partial charge in [0.2, 0.25) is 0 Å². The molecular weight excluding hydrogens is 191 g/mol. The van der Waals surface area contributed by atoms with E-state index in [0.717, 1.165) is 3.72 Å². The molecule has 0 aliphatic carbocycles. The van der Waals surface area contributed by atoms with Gasteiger partial charge in [-0.1, -0.05) is 0 Å². The van der Waals surface area contributed by atoms with E-state index >= 15 is 0 Å². The molecule has 0 fully saturated rings. The Morgan fingerprint density at radius 1 is 1.67 bits per heavy atom. The van der Waals surface area contributed by atoms with Crippen LogP contribution in [0.3, 0.4) is 0 Å². The second-order valence-electron chi connectivity index (χ2n) is 0.854. The average molecular weight is 193 g/mol. The van der Waals surface area contributed by atoms with E-state index in [4.69, 9.17) is 0 Å². The zero-order valence-corrected chi connectivity index (χ0v) is 5.08. The van der Waals surface area contributed by atoms with Crippen molar-refractivity contribution >= 4 is 26.3 Å². The molecule has 2 nitrogen and oxygen atoms in total. The van der Waals surface area contributed by atoms with Crippen LogP contribution in [-0.2, 0) is 0 Å². The molecule has 1 aliphatic heterocycles. The molecule has 1 rings (SSSR count). The standard InChI is InChI=1S/C3H2IN2/c4-3-1-2-5-6-3/h1-2H. The fraction of sp³-hybridized carbons (Fsp3) is 0. The van der Waals surface area contributed by atoms with Crippen LogP contribution >= 0.6 is 22.6 Å². The lowest BCUT2D eigenvalue weighted by atomic mass is 10.7. The van der Waals surface area contributed by atoms with Crippen LogP contribution in [0.1, 0.15) is 0 Å². The van der Waals surface area contributed by atoms with Crippen molar-refractivity contribution in [3.63, 3.8) is 0 Å². The maximum absolute atomic E-state index is 3.65. The van der Waals surface area contributed by atoms with Gasteiger partial charge in [0, 0.05) is 0 Å². The minimum absolute atomic E-state index is 0.951. The van der Waals surface area contributed by atoms with Gasteiger partial charge in [-0.3, -0.25) is 0 Å². The highest BCUT2D eigenvalue weighted by atomic mass is 127. The fourth-order valence-electron chi connectivity index (χ4n) is 0.217. The molecule has 1 heterocycles. The summed E-state index contributed by atoms with van der Waals surface area (Å²) in [6, 6.07) is 0. The van der Waals surface area contributed by atoms with Crippen LogP contribution in [0.2, 0.25) is 0 Å². The van der Waals surface area contributed by atoms with Gasteiger partial charge in [0.25, 0.3) is 0 Å². The Labute approximate surface area is 49.5 Å². The van der Waals surface area contributed by atoms with E-state index in [1.54, 1.807) is 6.20 Å². The third kappa shape index (κ3) is 0.707. The topological polar surface area (TPSA) is 26.5 Å². The monoisotopic (exact) mass is 193 g/mol. The molecule has 0 aromatic carbocycles. The highest BCUT2D eigenvalue weighted by molar-refractivity contribution is 14.1. The van der Waals surface area contributed by atoms with E-state index in [0.29, 0.717) is 0 Å². The molecule has 1 aliphatic rings. The number of allylic oxidation sites excluding steroid dienone is 1. The maximum Gasteiger partial charge on any atom is 0.125 e. The third-order valence-electron chi connectivity index (χ3n) is 0.432. The molecule has 0 spiro atoms. The zero-order valence-electron chi connectivity index (χ0n) is 2.93. The maximum atomic E-state index is 3.65. The van der Waals surface area contributed by atoms with Gasteiger partial charge in [0.15, 0.2) is 0 Å². The predicted octanol–water partition coefficient (Wildman–Crippen LogP) is 0.867. The first-order chi connectivity index (χ1) is 2.89. The van der Waals surface area contributed by atoms with Gasteiger partial charge in [-0.05, 0) is 28.7 Å². The van der Waals surface area contributed by atoms with E-state index in [1.165, 1.54) is 0 Å². The van der Waals surface area contributed by atoms with E-state index in [9.17, 15) is 0 Å². The van der Waals surface area contributed by atoms with Crippen molar-refractivity contribution in [2.45, 2.75) is 0 Å². The van der Waals surface area contributed by atoms with Gasteiger partial charge in [-0.25, -0.2) is 0 Å². The van der Waals surface area contributed by atoms with Gasteiger partial charge < -0.3 is 0 Å². The Bertz CT molecular complexity index is 103. The fourth-order valence-corrected chi connectivity index (χ4v) is 0.502. The van der Waals surface area contributed by atoms with E-state index in [-0.39, 0.29) is 0 Å². The Morgan fingerprint density at radius 3 is 2.67 bits per heavy atom. The smallest absolute Gasteiger partial charge is 0.125 e. The molecule has 0 aromatic heterocycles. The quantitative estimate of drug-likeness (QED) is 0.510. The lowest BCUT2D eigenvalue weighted by molar-refractivity contribution is 0.976. The molecule has 0 atom stereocenters. The van der Waals surface area contributed by atoms with Crippen molar-refractivity contribution in [3.8, 4) is 0 Å². The first kappa shape index (κ1) is 4.11. The summed E-state index contributed by atoms with van der Waals surface area (Å²) in [5.41, 5.74) is 3.56. The Balaban J connectivity index is 2.68. The van der Waals surface area contributed by atoms with Crippen molar-refractivity contribution in [3.05, 3.63) is 12.3 Å². The zero-order chi connectivity index (χ0) is 4.41. The van der Waals surface area contributed by atoms with Crippen molar-refractivity contribution in [2.75, 3.05) is 0 Å². The van der Waals surface area contributed by atoms with Gasteiger partial charge in [0.1, 0.15) is 3.72 Å². The lowest BCUT2D eigenvalue weighted by Crippen LogP contribution is -1.73. The van der Waals surface area contributed by atoms with Crippen molar-refractivity contribution in [1.82, 2.24) is 5.43 Å². The number of rotatable bonds is 0. The number of halogens is 1. The second-order valence-corrected chi connectivity index (χ2v) is 1.96. The molecule has 31 valence electrons. The SMILES string of the molecule is IC1=N[N]C=C1. The van der Waals surface area contributed by atoms with Gasteiger partial charge >= 0.3 is 0 Å². The molecule has 6 heavy (non-hydrogen) atoms. The van der Waals surface area contributed by atoms with Gasteiger partial charge in [-0.15, -0.1) is 5.10 Å². The molecule has 0 unspecified atom stereocenters. The van der Waals surface area contributed by atoms with Gasteiger partial charge in [-0.2, -0.15) is 5.43 Å². The molecule has 3 heteroatoms. The van der Waals surface area contributed by atoms with E-state index in [2.05, 4.69) is 33.1 Å². The molecular formula is C3H2IN2. The molecule has 1 radical (unpaired) electrons. The van der Waals surface area contributed by atoms with Crippen LogP contribution in [0.4, 0.5) is 0 Å². The van der Waals surface area contributed by atoms with Crippen LogP contribution in [0, 0.1) is 0 Å². The summed E-state index contributed by atoms with van der Waals surface area (Å²) >= 11 is 2.10. The molecule has 0 aromatic rings. The molecule has 0 bridgehead atoms. The molecule has 0 saturated heterocycles. The van der Waals surface area contributed by atoms with Gasteiger partial charge in [0.05, 0.1) is 6.20 Å². The summed E-state index contributed by atoms with van der Waals surface area (Å²) in [5.74, 6) is 0. The third-order valence-corrected chi connectivity index (χ3v) is 1.01. The number of hydrogen-bond donors (Lipinski definition) is 0. The summed E-state index contributed by atoms with van der Waals surface area (Å²) in [4.78, 5) is 0. The average Bonchev–Trinajstić information content (AvgIpc) is 1.86. The van der Waals surface area contributed by atoms with Crippen LogP contribution in [0.25, 0.3) is 0 Å². The second kappa shape index (κ2) is 1.59. The summed E-state index contributed by atoms with van der Waals surface area (Å²) in [6.45, 7) is 0. The largest absolute Gasteiger partial charge is 0.158 e. The first-order valence-electron chi connectivity index (χ1n) is 1.49. The molecule has 0 amide bonds. The Kier molecular flexibility index (Phi) is 1.09. The molecule has 0 N–H and O–H groups in total. The summed E-state index contributed by atoms with van der Waals surface area (Å²) in [7, 11) is 0. The summed E-state index contributed by atoms with van der Waals surface area (Å²) in [6.07, 6.45) is 3.52. The van der Waals surface area contributed by atoms with E-state index in [1.807, 2.05) is 6.08 Å². The molecule has 0 saturated carbocycles. The normalized spacial score (nSPS) is 17.2. The Hall–Kier alpha value is -0.0600. The first-order valence-corrected chi connectivity index (χ1v) is 2.57. The highest BCUT2D eigenvalue weighted by Crippen LogP contribution is 1.96. The minimum Gasteiger partial charge on any atom is -0.158 e. The van der Waals surface area contributed by atoms with Crippen molar-refractivity contribution in [1.29, 1.82) is 0 Å². The lowest BCUT2D eigenvalue weighted by Gasteiger charge is -1.68. The highest BCUT2D eigenvalue weighted by Gasteiger charge is 1.89. The van der Waals surface area contributed by atoms with Crippen LogP contribution in [0.5, 0.6) is 0 Å². The summed E-state index contributed by atoms with van der Waals surface area (Å²) in [5, 5.41) is 3.65. The van der Waals surface area contributed by atoms with Crippen LogP contribution < -0.4 is 5.43 Å². The number of hydrogen-bond acceptors (Lipinski definition) is 1. The summed E-state index contributed by atoms with van der Waals surface area (Å²) < 4.78 is 0.951. The van der Waals surface area contributed by atoms with Crippen molar-refractivity contribution in [2.24, 2.45) is 5.10 Å². The predicted molar refractivity (Wildman–Crippen MR) is 32.7 cm³/mol. The minimum atomic E-state index is 0.951. The number of nitrogens with zero attached hydrogens (tertiary/aromatic N) is 2. The van der Waals surface area contributed by atoms with Crippen molar-refractivity contribution < 1.29 is 0 Å². The van der Waals surface area contributed by atoms with E-state index < -0.39 is 0 Å². The Morgan fingerprint density at radius 2 is 2.50 bits per heavy atom. The van der Waals surface area contributed by atoms with Crippen LogP contribution in [-0.4, -0.2) is 3.72 Å². The van der Waals surface area contributed by atoms with Crippen LogP contribution in [0.15, 0.2) is 17.4 Å².